The second-order valence-corrected chi connectivity index (χ2v) is 4.18. The molecular weight excluding hydrogens is 236 g/mol. The average molecular weight is 244 g/mol. The zero-order valence-corrected chi connectivity index (χ0v) is 9.49. The van der Waals surface area contributed by atoms with Gasteiger partial charge in [-0.3, -0.25) is 10.3 Å². The van der Waals surface area contributed by atoms with Gasteiger partial charge in [-0.15, -0.1) is 11.3 Å². The summed E-state index contributed by atoms with van der Waals surface area (Å²) in [6.07, 6.45) is 3.18. The molecule has 0 bridgehead atoms. The molecule has 2 amide bonds. The number of amides is 2. The minimum absolute atomic E-state index is 0.357. The Kier molecular flexibility index (Phi) is 3.33. The molecule has 2 N–H and O–H groups in total. The molecule has 0 radical (unpaired) electrons. The van der Waals surface area contributed by atoms with Crippen molar-refractivity contribution in [3.05, 3.63) is 41.5 Å². The number of aromatic nitrogens is 1. The number of nitriles is 1. The molecule has 0 spiro atoms. The van der Waals surface area contributed by atoms with Gasteiger partial charge >= 0.3 is 6.03 Å². The minimum atomic E-state index is -0.357. The third-order valence-corrected chi connectivity index (χ3v) is 2.78. The van der Waals surface area contributed by atoms with Crippen LogP contribution in [0.5, 0.6) is 0 Å². The number of rotatable bonds is 2. The van der Waals surface area contributed by atoms with Crippen LogP contribution >= 0.6 is 11.3 Å². The van der Waals surface area contributed by atoms with Crippen molar-refractivity contribution in [2.45, 2.75) is 0 Å². The molecule has 2 aromatic heterocycles. The predicted molar refractivity (Wildman–Crippen MR) is 65.9 cm³/mol. The van der Waals surface area contributed by atoms with E-state index in [1.807, 2.05) is 6.07 Å². The van der Waals surface area contributed by atoms with E-state index in [1.54, 1.807) is 36.7 Å². The summed E-state index contributed by atoms with van der Waals surface area (Å²) in [5.41, 5.74) is 0.613. The van der Waals surface area contributed by atoms with E-state index in [2.05, 4.69) is 15.6 Å². The van der Waals surface area contributed by atoms with Crippen molar-refractivity contribution in [1.29, 1.82) is 5.26 Å². The van der Waals surface area contributed by atoms with E-state index in [0.29, 0.717) is 15.6 Å². The largest absolute Gasteiger partial charge is 0.324 e. The summed E-state index contributed by atoms with van der Waals surface area (Å²) in [6, 6.07) is 8.46. The van der Waals surface area contributed by atoms with E-state index in [1.165, 1.54) is 11.3 Å². The number of anilines is 2. The summed E-state index contributed by atoms with van der Waals surface area (Å²) < 4.78 is 0. The van der Waals surface area contributed by atoms with Gasteiger partial charge in [0.2, 0.25) is 0 Å². The first-order valence-electron chi connectivity index (χ1n) is 4.76. The summed E-state index contributed by atoms with van der Waals surface area (Å²) in [4.78, 5) is 16.0. The maximum absolute atomic E-state index is 11.6. The molecule has 0 aliphatic heterocycles. The summed E-state index contributed by atoms with van der Waals surface area (Å²) in [7, 11) is 0. The fourth-order valence-electron chi connectivity index (χ4n) is 1.18. The number of thiophene rings is 1. The van der Waals surface area contributed by atoms with Gasteiger partial charge in [-0.2, -0.15) is 5.26 Å². The van der Waals surface area contributed by atoms with Crippen molar-refractivity contribution >= 4 is 28.1 Å². The molecule has 0 saturated heterocycles. The molecule has 2 heterocycles. The van der Waals surface area contributed by atoms with Gasteiger partial charge in [0.25, 0.3) is 0 Å². The number of carbonyl (C=O) groups excluding carboxylic acids is 1. The van der Waals surface area contributed by atoms with Crippen LogP contribution in [0.3, 0.4) is 0 Å². The summed E-state index contributed by atoms with van der Waals surface area (Å²) >= 11 is 1.22. The topological polar surface area (TPSA) is 77.8 Å². The molecule has 0 unspecified atom stereocenters. The predicted octanol–water partition coefficient (Wildman–Crippen LogP) is 2.66. The van der Waals surface area contributed by atoms with E-state index in [9.17, 15) is 4.79 Å². The number of hydrogen-bond donors (Lipinski definition) is 2. The van der Waals surface area contributed by atoms with Crippen LogP contribution in [0.25, 0.3) is 0 Å². The Morgan fingerprint density at radius 1 is 1.35 bits per heavy atom. The lowest BCUT2D eigenvalue weighted by Gasteiger charge is -2.04. The SMILES string of the molecule is N#Cc1ccc(NC(=O)Nc2cccnc2)s1. The lowest BCUT2D eigenvalue weighted by molar-refractivity contribution is 0.262. The molecule has 0 atom stereocenters. The van der Waals surface area contributed by atoms with Crippen molar-refractivity contribution in [3.63, 3.8) is 0 Å². The molecular formula is C11H8N4OS. The number of urea groups is 1. The smallest absolute Gasteiger partial charge is 0.306 e. The number of carbonyl (C=O) groups is 1. The Hall–Kier alpha value is -2.39. The molecule has 0 aliphatic rings. The second kappa shape index (κ2) is 5.09. The minimum Gasteiger partial charge on any atom is -0.306 e. The van der Waals surface area contributed by atoms with E-state index >= 15 is 0 Å². The van der Waals surface area contributed by atoms with E-state index in [-0.39, 0.29) is 6.03 Å². The molecule has 0 aromatic carbocycles. The van der Waals surface area contributed by atoms with Gasteiger partial charge in [0, 0.05) is 6.20 Å². The first kappa shape index (κ1) is 11.1. The van der Waals surface area contributed by atoms with Gasteiger partial charge in [-0.25, -0.2) is 4.79 Å². The normalized spacial score (nSPS) is 9.35. The fraction of sp³-hybridized carbons (Fsp3) is 0. The van der Waals surface area contributed by atoms with Crippen molar-refractivity contribution in [3.8, 4) is 6.07 Å². The summed E-state index contributed by atoms with van der Waals surface area (Å²) in [6.45, 7) is 0. The summed E-state index contributed by atoms with van der Waals surface area (Å²) in [5, 5.41) is 14.5. The molecule has 0 saturated carbocycles. The molecule has 0 aliphatic carbocycles. The Labute approximate surface area is 102 Å². The van der Waals surface area contributed by atoms with Gasteiger partial charge in [0.1, 0.15) is 10.9 Å². The Morgan fingerprint density at radius 3 is 2.88 bits per heavy atom. The van der Waals surface area contributed by atoms with Crippen LogP contribution in [-0.4, -0.2) is 11.0 Å². The lowest BCUT2D eigenvalue weighted by Crippen LogP contribution is -2.18. The number of hydrogen-bond acceptors (Lipinski definition) is 4. The lowest BCUT2D eigenvalue weighted by atomic mass is 10.4. The van der Waals surface area contributed by atoms with Crippen LogP contribution in [0.4, 0.5) is 15.5 Å². The number of pyridine rings is 1. The molecule has 6 heteroatoms. The Balaban J connectivity index is 1.96. The summed E-state index contributed by atoms with van der Waals surface area (Å²) in [5.74, 6) is 0. The maximum Gasteiger partial charge on any atom is 0.324 e. The van der Waals surface area contributed by atoms with E-state index in [0.717, 1.165) is 0 Å². The first-order valence-corrected chi connectivity index (χ1v) is 5.57. The molecule has 5 nitrogen and oxygen atoms in total. The highest BCUT2D eigenvalue weighted by Crippen LogP contribution is 2.20. The van der Waals surface area contributed by atoms with Crippen molar-refractivity contribution in [2.75, 3.05) is 10.6 Å². The van der Waals surface area contributed by atoms with Crippen LogP contribution in [0, 0.1) is 11.3 Å². The van der Waals surface area contributed by atoms with Crippen LogP contribution in [-0.2, 0) is 0 Å². The van der Waals surface area contributed by atoms with Crippen LogP contribution in [0.15, 0.2) is 36.7 Å². The van der Waals surface area contributed by atoms with Crippen molar-refractivity contribution in [1.82, 2.24) is 4.98 Å². The molecule has 2 aromatic rings. The van der Waals surface area contributed by atoms with Gasteiger partial charge in [0.05, 0.1) is 16.9 Å². The Bertz CT molecular complexity index is 558. The highest BCUT2D eigenvalue weighted by Gasteiger charge is 2.04. The van der Waals surface area contributed by atoms with Crippen molar-refractivity contribution in [2.24, 2.45) is 0 Å². The highest BCUT2D eigenvalue weighted by atomic mass is 32.1. The van der Waals surface area contributed by atoms with Gasteiger partial charge in [-0.1, -0.05) is 0 Å². The van der Waals surface area contributed by atoms with Crippen molar-refractivity contribution < 1.29 is 4.79 Å². The van der Waals surface area contributed by atoms with Crippen LogP contribution < -0.4 is 10.6 Å². The van der Waals surface area contributed by atoms with Crippen LogP contribution in [0.1, 0.15) is 4.88 Å². The zero-order valence-electron chi connectivity index (χ0n) is 8.68. The zero-order chi connectivity index (χ0) is 12.1. The van der Waals surface area contributed by atoms with Gasteiger partial charge in [0.15, 0.2) is 0 Å². The standard InChI is InChI=1S/C11H8N4OS/c12-6-9-3-4-10(17-9)15-11(16)14-8-2-1-5-13-7-8/h1-5,7H,(H2,14,15,16). The number of nitrogens with one attached hydrogen (secondary N) is 2. The molecule has 0 fully saturated rings. The molecule has 17 heavy (non-hydrogen) atoms. The third kappa shape index (κ3) is 3.03. The average Bonchev–Trinajstić information content (AvgIpc) is 2.78. The van der Waals surface area contributed by atoms with E-state index < -0.39 is 0 Å². The monoisotopic (exact) mass is 244 g/mol. The maximum atomic E-state index is 11.6. The highest BCUT2D eigenvalue weighted by molar-refractivity contribution is 7.16. The third-order valence-electron chi connectivity index (χ3n) is 1.87. The van der Waals surface area contributed by atoms with E-state index in [4.69, 9.17) is 5.26 Å². The van der Waals surface area contributed by atoms with Gasteiger partial charge < -0.3 is 5.32 Å². The Morgan fingerprint density at radius 2 is 2.24 bits per heavy atom. The van der Waals surface area contributed by atoms with Crippen LogP contribution in [0.2, 0.25) is 0 Å². The fourth-order valence-corrected chi connectivity index (χ4v) is 1.87. The first-order chi connectivity index (χ1) is 8.28. The molecule has 84 valence electrons. The second-order valence-electron chi connectivity index (χ2n) is 3.10. The number of nitrogens with zero attached hydrogens (tertiary/aromatic N) is 2. The quantitative estimate of drug-likeness (QED) is 0.852. The van der Waals surface area contributed by atoms with Gasteiger partial charge in [-0.05, 0) is 24.3 Å². The molecule has 2 rings (SSSR count).